The van der Waals surface area contributed by atoms with Crippen LogP contribution in [0.2, 0.25) is 0 Å². The normalized spacial score (nSPS) is 12.5. The molecule has 0 radical (unpaired) electrons. The molecule has 0 fully saturated rings. The van der Waals surface area contributed by atoms with Gasteiger partial charge in [0.2, 0.25) is 0 Å². The molecular formula is C14H10Br2F3N. The third-order valence-corrected chi connectivity index (χ3v) is 4.15. The maximum absolute atomic E-state index is 14.2. The van der Waals surface area contributed by atoms with Gasteiger partial charge in [0.15, 0.2) is 0 Å². The zero-order chi connectivity index (χ0) is 14.9. The Hall–Kier alpha value is -0.850. The van der Waals surface area contributed by atoms with Gasteiger partial charge in [-0.2, -0.15) is 0 Å². The summed E-state index contributed by atoms with van der Waals surface area (Å²) in [6, 6.07) is 6.01. The fourth-order valence-electron chi connectivity index (χ4n) is 1.98. The van der Waals surface area contributed by atoms with E-state index in [0.717, 1.165) is 0 Å². The molecule has 6 heteroatoms. The summed E-state index contributed by atoms with van der Waals surface area (Å²) in [6.45, 7) is 0. The molecular weight excluding hydrogens is 399 g/mol. The van der Waals surface area contributed by atoms with Gasteiger partial charge in [0.25, 0.3) is 0 Å². The van der Waals surface area contributed by atoms with Crippen LogP contribution in [0.1, 0.15) is 17.2 Å². The van der Waals surface area contributed by atoms with Crippen molar-refractivity contribution in [1.29, 1.82) is 0 Å². The second-order valence-corrected chi connectivity index (χ2v) is 5.86. The predicted octanol–water partition coefficient (Wildman–Crippen LogP) is 4.94. The molecule has 0 heterocycles. The molecule has 1 unspecified atom stereocenters. The predicted molar refractivity (Wildman–Crippen MR) is 79.1 cm³/mol. The van der Waals surface area contributed by atoms with Crippen LogP contribution >= 0.6 is 31.9 Å². The lowest BCUT2D eigenvalue weighted by Gasteiger charge is -2.19. The van der Waals surface area contributed by atoms with Crippen LogP contribution in [0.5, 0.6) is 0 Å². The molecule has 1 nitrogen and oxygen atoms in total. The minimum absolute atomic E-state index is 0.111. The standard InChI is InChI=1S/C14H10Br2F3N/c1-20-14(7-2-4-10(17)9(16)6-7)12-11(18)5-3-8(15)13(12)19/h2-6,14,20H,1H3. The summed E-state index contributed by atoms with van der Waals surface area (Å²) in [7, 11) is 1.59. The van der Waals surface area contributed by atoms with Gasteiger partial charge in [0, 0.05) is 5.56 Å². The number of benzene rings is 2. The quantitative estimate of drug-likeness (QED) is 0.709. The monoisotopic (exact) mass is 407 g/mol. The molecule has 0 aromatic heterocycles. The lowest BCUT2D eigenvalue weighted by Crippen LogP contribution is -2.20. The van der Waals surface area contributed by atoms with E-state index in [1.807, 2.05) is 0 Å². The number of rotatable bonds is 3. The first kappa shape index (κ1) is 15.5. The molecule has 2 aromatic rings. The second kappa shape index (κ2) is 6.28. The fourth-order valence-corrected chi connectivity index (χ4v) is 2.72. The van der Waals surface area contributed by atoms with Gasteiger partial charge in [-0.3, -0.25) is 0 Å². The summed E-state index contributed by atoms with van der Waals surface area (Å²) in [5.74, 6) is -1.77. The van der Waals surface area contributed by atoms with Gasteiger partial charge in [-0.15, -0.1) is 0 Å². The van der Waals surface area contributed by atoms with Crippen molar-refractivity contribution in [3.8, 4) is 0 Å². The third kappa shape index (κ3) is 2.92. The molecule has 0 amide bonds. The van der Waals surface area contributed by atoms with Crippen molar-refractivity contribution >= 4 is 31.9 Å². The highest BCUT2D eigenvalue weighted by atomic mass is 79.9. The second-order valence-electron chi connectivity index (χ2n) is 4.15. The molecule has 0 aliphatic carbocycles. The first-order valence-corrected chi connectivity index (χ1v) is 7.30. The minimum Gasteiger partial charge on any atom is -0.309 e. The highest BCUT2D eigenvalue weighted by Gasteiger charge is 2.23. The zero-order valence-electron chi connectivity index (χ0n) is 10.4. The van der Waals surface area contributed by atoms with Crippen molar-refractivity contribution in [1.82, 2.24) is 5.32 Å². The topological polar surface area (TPSA) is 12.0 Å². The van der Waals surface area contributed by atoms with Crippen molar-refractivity contribution in [3.05, 3.63) is 67.9 Å². The third-order valence-electron chi connectivity index (χ3n) is 2.93. The Morgan fingerprint density at radius 2 is 1.60 bits per heavy atom. The van der Waals surface area contributed by atoms with Crippen molar-refractivity contribution < 1.29 is 13.2 Å². The summed E-state index contributed by atoms with van der Waals surface area (Å²) in [5, 5.41) is 2.85. The van der Waals surface area contributed by atoms with Crippen LogP contribution in [-0.2, 0) is 0 Å². The smallest absolute Gasteiger partial charge is 0.145 e. The fraction of sp³-hybridized carbons (Fsp3) is 0.143. The van der Waals surface area contributed by atoms with E-state index in [0.29, 0.717) is 5.56 Å². The van der Waals surface area contributed by atoms with E-state index in [2.05, 4.69) is 37.2 Å². The lowest BCUT2D eigenvalue weighted by molar-refractivity contribution is 0.518. The van der Waals surface area contributed by atoms with Crippen LogP contribution in [0.25, 0.3) is 0 Å². The van der Waals surface area contributed by atoms with Crippen LogP contribution in [-0.4, -0.2) is 7.05 Å². The molecule has 0 saturated heterocycles. The molecule has 0 saturated carbocycles. The average Bonchev–Trinajstić information content (AvgIpc) is 2.42. The van der Waals surface area contributed by atoms with Gasteiger partial charge < -0.3 is 5.32 Å². The van der Waals surface area contributed by atoms with Gasteiger partial charge in [0.05, 0.1) is 15.0 Å². The zero-order valence-corrected chi connectivity index (χ0v) is 13.5. The SMILES string of the molecule is CNC(c1ccc(F)c(Br)c1)c1c(F)ccc(Br)c1F. The molecule has 20 heavy (non-hydrogen) atoms. The summed E-state index contributed by atoms with van der Waals surface area (Å²) in [5.41, 5.74) is 0.442. The molecule has 2 aromatic carbocycles. The summed E-state index contributed by atoms with van der Waals surface area (Å²) in [6.07, 6.45) is 0. The van der Waals surface area contributed by atoms with E-state index in [1.54, 1.807) is 7.05 Å². The highest BCUT2D eigenvalue weighted by Crippen LogP contribution is 2.32. The maximum Gasteiger partial charge on any atom is 0.145 e. The van der Waals surface area contributed by atoms with E-state index in [-0.39, 0.29) is 14.5 Å². The minimum atomic E-state index is -0.718. The highest BCUT2D eigenvalue weighted by molar-refractivity contribution is 9.10. The largest absolute Gasteiger partial charge is 0.309 e. The van der Waals surface area contributed by atoms with Gasteiger partial charge in [-0.25, -0.2) is 13.2 Å². The summed E-state index contributed by atoms with van der Waals surface area (Å²) < 4.78 is 41.8. The van der Waals surface area contributed by atoms with Gasteiger partial charge >= 0.3 is 0 Å². The molecule has 0 aliphatic rings. The van der Waals surface area contributed by atoms with Gasteiger partial charge in [-0.1, -0.05) is 6.07 Å². The first-order valence-electron chi connectivity index (χ1n) is 5.71. The molecule has 0 bridgehead atoms. The summed E-state index contributed by atoms with van der Waals surface area (Å²) in [4.78, 5) is 0. The van der Waals surface area contributed by atoms with Crippen LogP contribution in [0.3, 0.4) is 0 Å². The number of hydrogen-bond acceptors (Lipinski definition) is 1. The summed E-state index contributed by atoms with van der Waals surface area (Å²) >= 11 is 6.11. The lowest BCUT2D eigenvalue weighted by atomic mass is 9.98. The molecule has 0 aliphatic heterocycles. The average molecular weight is 409 g/mol. The van der Waals surface area contributed by atoms with Crippen LogP contribution < -0.4 is 5.32 Å². The van der Waals surface area contributed by atoms with Crippen LogP contribution in [0, 0.1) is 17.5 Å². The number of nitrogens with one attached hydrogen (secondary N) is 1. The van der Waals surface area contributed by atoms with Gasteiger partial charge in [0.1, 0.15) is 17.5 Å². The number of halogens is 5. The molecule has 0 spiro atoms. The maximum atomic E-state index is 14.2. The van der Waals surface area contributed by atoms with E-state index in [9.17, 15) is 13.2 Å². The Bertz CT molecular complexity index is 647. The van der Waals surface area contributed by atoms with E-state index >= 15 is 0 Å². The van der Waals surface area contributed by atoms with Crippen molar-refractivity contribution in [2.75, 3.05) is 7.05 Å². The number of hydrogen-bond donors (Lipinski definition) is 1. The van der Waals surface area contributed by atoms with E-state index < -0.39 is 23.5 Å². The van der Waals surface area contributed by atoms with Crippen molar-refractivity contribution in [2.24, 2.45) is 0 Å². The Balaban J connectivity index is 2.58. The van der Waals surface area contributed by atoms with Crippen molar-refractivity contribution in [2.45, 2.75) is 6.04 Å². The van der Waals surface area contributed by atoms with Crippen molar-refractivity contribution in [3.63, 3.8) is 0 Å². The molecule has 2 rings (SSSR count). The Morgan fingerprint density at radius 3 is 2.20 bits per heavy atom. The molecule has 1 atom stereocenters. The molecule has 1 N–H and O–H groups in total. The van der Waals surface area contributed by atoms with E-state index in [1.165, 1.54) is 30.3 Å². The van der Waals surface area contributed by atoms with E-state index in [4.69, 9.17) is 0 Å². The first-order chi connectivity index (χ1) is 9.45. The molecule has 106 valence electrons. The van der Waals surface area contributed by atoms with Crippen LogP contribution in [0.4, 0.5) is 13.2 Å². The van der Waals surface area contributed by atoms with Gasteiger partial charge in [-0.05, 0) is 68.7 Å². The Labute approximate surface area is 131 Å². The van der Waals surface area contributed by atoms with Crippen LogP contribution in [0.15, 0.2) is 39.3 Å². The Kier molecular flexibility index (Phi) is 4.88. The Morgan fingerprint density at radius 1 is 0.950 bits per heavy atom.